The molecule has 4 nitrogen and oxygen atoms in total. The number of nitrogens with one attached hydrogen (secondary N) is 2. The predicted octanol–water partition coefficient (Wildman–Crippen LogP) is 4.47. The van der Waals surface area contributed by atoms with Crippen molar-refractivity contribution in [3.63, 3.8) is 0 Å². The largest absolute Gasteiger partial charge is 0.370 e. The summed E-state index contributed by atoms with van der Waals surface area (Å²) in [4.78, 5) is 4.49. The average molecular weight is 452 g/mol. The number of aryl methyl sites for hydroxylation is 1. The summed E-state index contributed by atoms with van der Waals surface area (Å²) in [5.74, 6) is 0.433. The fourth-order valence-corrected chi connectivity index (χ4v) is 2.65. The molecule has 0 saturated heterocycles. The Labute approximate surface area is 168 Å². The van der Waals surface area contributed by atoms with Crippen molar-refractivity contribution in [1.82, 2.24) is 5.32 Å². The monoisotopic (exact) mass is 452 g/mol. The Balaban J connectivity index is 0.00000312. The summed E-state index contributed by atoms with van der Waals surface area (Å²) in [7, 11) is 0. The van der Waals surface area contributed by atoms with Crippen molar-refractivity contribution in [1.29, 1.82) is 0 Å². The zero-order chi connectivity index (χ0) is 17.6. The maximum absolute atomic E-state index is 6.02. The quantitative estimate of drug-likeness (QED) is 0.344. The molecule has 0 saturated carbocycles. The lowest BCUT2D eigenvalue weighted by molar-refractivity contribution is 0.357. The topological polar surface area (TPSA) is 62.4 Å². The lowest BCUT2D eigenvalue weighted by atomic mass is 10.0. The van der Waals surface area contributed by atoms with Crippen LogP contribution in [-0.4, -0.2) is 18.0 Å². The third kappa shape index (κ3) is 7.44. The first-order valence-corrected chi connectivity index (χ1v) is 8.32. The highest BCUT2D eigenvalue weighted by atomic mass is 127. The van der Waals surface area contributed by atoms with E-state index in [4.69, 9.17) is 5.73 Å². The molecule has 1 atom stereocenters. The van der Waals surface area contributed by atoms with Gasteiger partial charge in [-0.15, -0.1) is 24.0 Å². The molecule has 25 heavy (non-hydrogen) atoms. The molecule has 0 radical (unpaired) electrons. The molecule has 0 aromatic heterocycles. The van der Waals surface area contributed by atoms with E-state index in [0.717, 1.165) is 5.69 Å². The van der Waals surface area contributed by atoms with Crippen molar-refractivity contribution in [2.24, 2.45) is 10.7 Å². The lowest BCUT2D eigenvalue weighted by Gasteiger charge is -2.29. The number of benzene rings is 2. The van der Waals surface area contributed by atoms with Crippen molar-refractivity contribution in [2.75, 3.05) is 11.9 Å². The van der Waals surface area contributed by atoms with E-state index in [2.05, 4.69) is 73.7 Å². The first kappa shape index (κ1) is 21.4. The van der Waals surface area contributed by atoms with Gasteiger partial charge in [0.15, 0.2) is 5.96 Å². The SMILES string of the molecule is Cc1cccc(NC(N)=NCC(C)(C)NC(C)c2ccccc2)c1.I. The fourth-order valence-electron chi connectivity index (χ4n) is 2.65. The minimum Gasteiger partial charge on any atom is -0.370 e. The Kier molecular flexibility index (Phi) is 8.38. The highest BCUT2D eigenvalue weighted by Crippen LogP contribution is 2.16. The van der Waals surface area contributed by atoms with Crippen LogP contribution in [-0.2, 0) is 0 Å². The molecule has 0 spiro atoms. The molecule has 0 fully saturated rings. The summed E-state index contributed by atoms with van der Waals surface area (Å²) in [5.41, 5.74) is 9.27. The predicted molar refractivity (Wildman–Crippen MR) is 119 cm³/mol. The standard InChI is InChI=1S/C20H28N4.HI/c1-15-9-8-12-18(13-15)23-19(21)22-14-20(3,4)24-16(2)17-10-6-5-7-11-17;/h5-13,16,24H,14H2,1-4H3,(H3,21,22,23);1H. The molecular formula is C20H29IN4. The van der Waals surface area contributed by atoms with E-state index in [1.807, 2.05) is 24.3 Å². The van der Waals surface area contributed by atoms with E-state index >= 15 is 0 Å². The Morgan fingerprint density at radius 3 is 2.44 bits per heavy atom. The molecule has 5 heteroatoms. The number of rotatable bonds is 6. The van der Waals surface area contributed by atoms with E-state index in [1.54, 1.807) is 0 Å². The van der Waals surface area contributed by atoms with Gasteiger partial charge in [-0.1, -0.05) is 42.5 Å². The molecule has 136 valence electrons. The lowest BCUT2D eigenvalue weighted by Crippen LogP contribution is -2.44. The molecule has 2 rings (SSSR count). The molecule has 1 unspecified atom stereocenters. The molecule has 4 N–H and O–H groups in total. The van der Waals surface area contributed by atoms with Crippen molar-refractivity contribution >= 4 is 35.6 Å². The minimum absolute atomic E-state index is 0. The molecule has 2 aromatic carbocycles. The van der Waals surface area contributed by atoms with Gasteiger partial charge in [-0.2, -0.15) is 0 Å². The highest BCUT2D eigenvalue weighted by molar-refractivity contribution is 14.0. The van der Waals surface area contributed by atoms with Gasteiger partial charge in [0, 0.05) is 17.3 Å². The number of aliphatic imine (C=N–C) groups is 1. The number of hydrogen-bond acceptors (Lipinski definition) is 2. The molecule has 0 amide bonds. The first-order chi connectivity index (χ1) is 11.4. The van der Waals surface area contributed by atoms with Gasteiger partial charge in [-0.05, 0) is 51.0 Å². The van der Waals surface area contributed by atoms with Crippen LogP contribution in [0.15, 0.2) is 59.6 Å². The molecular weight excluding hydrogens is 423 g/mol. The normalized spacial score (nSPS) is 13.0. The summed E-state index contributed by atoms with van der Waals surface area (Å²) < 4.78 is 0. The smallest absolute Gasteiger partial charge is 0.193 e. The van der Waals surface area contributed by atoms with Crippen LogP contribution in [0.4, 0.5) is 5.69 Å². The maximum atomic E-state index is 6.02. The van der Waals surface area contributed by atoms with Gasteiger partial charge in [0.2, 0.25) is 0 Å². The van der Waals surface area contributed by atoms with Crippen LogP contribution in [0.25, 0.3) is 0 Å². The van der Waals surface area contributed by atoms with Gasteiger partial charge in [-0.3, -0.25) is 4.99 Å². The van der Waals surface area contributed by atoms with Gasteiger partial charge < -0.3 is 16.4 Å². The highest BCUT2D eigenvalue weighted by Gasteiger charge is 2.20. The van der Waals surface area contributed by atoms with Crippen LogP contribution in [0.3, 0.4) is 0 Å². The summed E-state index contributed by atoms with van der Waals surface area (Å²) >= 11 is 0. The van der Waals surface area contributed by atoms with Gasteiger partial charge in [0.05, 0.1) is 6.54 Å². The van der Waals surface area contributed by atoms with Gasteiger partial charge >= 0.3 is 0 Å². The second-order valence-corrected chi connectivity index (χ2v) is 6.86. The van der Waals surface area contributed by atoms with Crippen molar-refractivity contribution in [3.8, 4) is 0 Å². The van der Waals surface area contributed by atoms with Crippen LogP contribution >= 0.6 is 24.0 Å². The number of hydrogen-bond donors (Lipinski definition) is 3. The van der Waals surface area contributed by atoms with Gasteiger partial charge in [-0.25, -0.2) is 0 Å². The van der Waals surface area contributed by atoms with Gasteiger partial charge in [0.1, 0.15) is 0 Å². The maximum Gasteiger partial charge on any atom is 0.193 e. The second-order valence-electron chi connectivity index (χ2n) is 6.86. The van der Waals surface area contributed by atoms with Crippen molar-refractivity contribution in [2.45, 2.75) is 39.3 Å². The molecule has 0 heterocycles. The van der Waals surface area contributed by atoms with Crippen molar-refractivity contribution < 1.29 is 0 Å². The van der Waals surface area contributed by atoms with Crippen molar-refractivity contribution in [3.05, 3.63) is 65.7 Å². The first-order valence-electron chi connectivity index (χ1n) is 8.32. The van der Waals surface area contributed by atoms with E-state index in [9.17, 15) is 0 Å². The number of guanidine groups is 1. The molecule has 0 bridgehead atoms. The van der Waals surface area contributed by atoms with E-state index in [-0.39, 0.29) is 35.6 Å². The van der Waals surface area contributed by atoms with Crippen LogP contribution in [0.5, 0.6) is 0 Å². The Bertz CT molecular complexity index is 683. The summed E-state index contributed by atoms with van der Waals surface area (Å²) in [6.45, 7) is 9.08. The van der Waals surface area contributed by atoms with E-state index < -0.39 is 0 Å². The molecule has 0 aliphatic carbocycles. The number of halogens is 1. The van der Waals surface area contributed by atoms with Crippen LogP contribution in [0, 0.1) is 6.92 Å². The zero-order valence-electron chi connectivity index (χ0n) is 15.4. The molecule has 0 aliphatic rings. The average Bonchev–Trinajstić information content (AvgIpc) is 2.53. The Morgan fingerprint density at radius 1 is 1.12 bits per heavy atom. The summed E-state index contributed by atoms with van der Waals surface area (Å²) in [6, 6.07) is 18.7. The molecule has 0 aliphatic heterocycles. The third-order valence-corrected chi connectivity index (χ3v) is 3.84. The zero-order valence-corrected chi connectivity index (χ0v) is 17.7. The second kappa shape index (κ2) is 9.77. The number of anilines is 1. The summed E-state index contributed by atoms with van der Waals surface area (Å²) in [6.07, 6.45) is 0. The van der Waals surface area contributed by atoms with E-state index in [1.165, 1.54) is 11.1 Å². The van der Waals surface area contributed by atoms with Gasteiger partial charge in [0.25, 0.3) is 0 Å². The van der Waals surface area contributed by atoms with Crippen LogP contribution < -0.4 is 16.4 Å². The van der Waals surface area contributed by atoms with Crippen LogP contribution in [0.1, 0.15) is 37.9 Å². The third-order valence-electron chi connectivity index (χ3n) is 3.84. The van der Waals surface area contributed by atoms with Crippen LogP contribution in [0.2, 0.25) is 0 Å². The Morgan fingerprint density at radius 2 is 1.80 bits per heavy atom. The minimum atomic E-state index is -0.159. The Hall–Kier alpha value is -1.60. The summed E-state index contributed by atoms with van der Waals surface area (Å²) in [5, 5.41) is 6.75. The number of nitrogens with two attached hydrogens (primary N) is 1. The molecule has 2 aromatic rings. The number of nitrogens with zero attached hydrogens (tertiary/aromatic N) is 1. The fraction of sp³-hybridized carbons (Fsp3) is 0.350. The van der Waals surface area contributed by atoms with E-state index in [0.29, 0.717) is 12.5 Å².